The number of phenols is 1. The van der Waals surface area contributed by atoms with Gasteiger partial charge in [-0.05, 0) is 12.1 Å². The highest BCUT2D eigenvalue weighted by Crippen LogP contribution is 2.24. The molecular formula is C13H14N4O. The van der Waals surface area contributed by atoms with E-state index in [1.807, 2.05) is 6.07 Å². The summed E-state index contributed by atoms with van der Waals surface area (Å²) in [6.07, 6.45) is 2.50. The number of phenolic OH excluding ortho intramolecular Hbond substituents is 1. The quantitative estimate of drug-likeness (QED) is 0.745. The highest BCUT2D eigenvalue weighted by molar-refractivity contribution is 5.61. The van der Waals surface area contributed by atoms with Crippen LogP contribution in [0.2, 0.25) is 0 Å². The summed E-state index contributed by atoms with van der Waals surface area (Å²) in [5, 5.41) is 16.0. The first-order valence-corrected chi connectivity index (χ1v) is 5.92. The van der Waals surface area contributed by atoms with E-state index in [-0.39, 0.29) is 5.75 Å². The van der Waals surface area contributed by atoms with Gasteiger partial charge in [-0.15, -0.1) is 0 Å². The van der Waals surface area contributed by atoms with Gasteiger partial charge in [0.2, 0.25) is 0 Å². The van der Waals surface area contributed by atoms with Gasteiger partial charge in [0.05, 0.1) is 5.69 Å². The zero-order valence-corrected chi connectivity index (χ0v) is 9.85. The average Bonchev–Trinajstić information content (AvgIpc) is 2.39. The Morgan fingerprint density at radius 2 is 2.22 bits per heavy atom. The molecule has 1 aliphatic heterocycles. The third-order valence-corrected chi connectivity index (χ3v) is 2.98. The summed E-state index contributed by atoms with van der Waals surface area (Å²) in [4.78, 5) is 8.57. The molecule has 0 saturated carbocycles. The van der Waals surface area contributed by atoms with Crippen LogP contribution in [0, 0.1) is 0 Å². The van der Waals surface area contributed by atoms with Crippen LogP contribution >= 0.6 is 0 Å². The lowest BCUT2D eigenvalue weighted by Crippen LogP contribution is -2.25. The normalized spacial score (nSPS) is 14.0. The number of fused-ring (bicyclic) bond motifs is 1. The summed E-state index contributed by atoms with van der Waals surface area (Å²) in [6.45, 7) is 1.73. The Bertz CT molecular complexity index is 571. The first kappa shape index (κ1) is 11.0. The summed E-state index contributed by atoms with van der Waals surface area (Å²) in [7, 11) is 0. The smallest absolute Gasteiger partial charge is 0.138 e. The molecule has 0 fully saturated rings. The molecular weight excluding hydrogens is 228 g/mol. The van der Waals surface area contributed by atoms with Crippen molar-refractivity contribution in [1.82, 2.24) is 15.3 Å². The molecule has 1 aliphatic rings. The predicted molar refractivity (Wildman–Crippen MR) is 68.8 cm³/mol. The van der Waals surface area contributed by atoms with Crippen molar-refractivity contribution in [3.05, 3.63) is 41.9 Å². The van der Waals surface area contributed by atoms with Gasteiger partial charge in [-0.25, -0.2) is 9.97 Å². The van der Waals surface area contributed by atoms with E-state index < -0.39 is 0 Å². The van der Waals surface area contributed by atoms with Gasteiger partial charge in [0.15, 0.2) is 0 Å². The van der Waals surface area contributed by atoms with Crippen molar-refractivity contribution in [1.29, 1.82) is 0 Å². The summed E-state index contributed by atoms with van der Waals surface area (Å²) < 4.78 is 0. The van der Waals surface area contributed by atoms with Gasteiger partial charge in [-0.2, -0.15) is 0 Å². The topological polar surface area (TPSA) is 70.1 Å². The van der Waals surface area contributed by atoms with Crippen LogP contribution in [0.4, 0.5) is 11.5 Å². The van der Waals surface area contributed by atoms with Crippen LogP contribution in [0.3, 0.4) is 0 Å². The fourth-order valence-corrected chi connectivity index (χ4v) is 2.10. The van der Waals surface area contributed by atoms with Gasteiger partial charge in [0, 0.05) is 36.8 Å². The van der Waals surface area contributed by atoms with E-state index in [0.29, 0.717) is 0 Å². The summed E-state index contributed by atoms with van der Waals surface area (Å²) in [5.74, 6) is 1.04. The molecule has 3 N–H and O–H groups in total. The number of aromatic nitrogens is 2. The molecule has 0 radical (unpaired) electrons. The van der Waals surface area contributed by atoms with Crippen molar-refractivity contribution >= 4 is 11.5 Å². The van der Waals surface area contributed by atoms with Crippen LogP contribution in [0.5, 0.6) is 5.75 Å². The maximum Gasteiger partial charge on any atom is 0.138 e. The zero-order chi connectivity index (χ0) is 12.4. The average molecular weight is 242 g/mol. The molecule has 0 unspecified atom stereocenters. The number of nitrogens with zero attached hydrogens (tertiary/aromatic N) is 2. The van der Waals surface area contributed by atoms with E-state index >= 15 is 0 Å². The van der Waals surface area contributed by atoms with Gasteiger partial charge in [-0.1, -0.05) is 6.07 Å². The number of anilines is 2. The van der Waals surface area contributed by atoms with Crippen molar-refractivity contribution in [2.45, 2.75) is 13.0 Å². The molecule has 0 amide bonds. The summed E-state index contributed by atoms with van der Waals surface area (Å²) >= 11 is 0. The maximum atomic E-state index is 9.44. The highest BCUT2D eigenvalue weighted by atomic mass is 16.3. The van der Waals surface area contributed by atoms with Crippen molar-refractivity contribution in [3.63, 3.8) is 0 Å². The standard InChI is InChI=1S/C13H14N4O/c18-10-3-1-2-9(6-10)17-13-11-7-14-5-4-12(11)15-8-16-13/h1-3,6,8,14,18H,4-5,7H2,(H,15,16,17). The van der Waals surface area contributed by atoms with E-state index in [1.165, 1.54) is 0 Å². The van der Waals surface area contributed by atoms with E-state index in [0.717, 1.165) is 42.3 Å². The van der Waals surface area contributed by atoms with Crippen LogP contribution in [0.25, 0.3) is 0 Å². The highest BCUT2D eigenvalue weighted by Gasteiger charge is 2.14. The Morgan fingerprint density at radius 3 is 3.11 bits per heavy atom. The molecule has 5 nitrogen and oxygen atoms in total. The van der Waals surface area contributed by atoms with Crippen molar-refractivity contribution in [2.24, 2.45) is 0 Å². The second kappa shape index (κ2) is 4.62. The molecule has 0 saturated heterocycles. The minimum atomic E-state index is 0.237. The molecule has 92 valence electrons. The minimum absolute atomic E-state index is 0.237. The van der Waals surface area contributed by atoms with Crippen LogP contribution in [-0.2, 0) is 13.0 Å². The van der Waals surface area contributed by atoms with Gasteiger partial charge in [0.25, 0.3) is 0 Å². The number of hydrogen-bond acceptors (Lipinski definition) is 5. The first-order valence-electron chi connectivity index (χ1n) is 5.92. The molecule has 0 spiro atoms. The minimum Gasteiger partial charge on any atom is -0.508 e. The lowest BCUT2D eigenvalue weighted by molar-refractivity contribution is 0.475. The number of benzene rings is 1. The third-order valence-electron chi connectivity index (χ3n) is 2.98. The first-order chi connectivity index (χ1) is 8.83. The largest absolute Gasteiger partial charge is 0.508 e. The Hall–Kier alpha value is -2.14. The Balaban J connectivity index is 1.93. The number of aromatic hydroxyl groups is 1. The molecule has 2 heterocycles. The van der Waals surface area contributed by atoms with Gasteiger partial charge < -0.3 is 15.7 Å². The van der Waals surface area contributed by atoms with Crippen LogP contribution in [0.1, 0.15) is 11.3 Å². The number of hydrogen-bond donors (Lipinski definition) is 3. The summed E-state index contributed by atoms with van der Waals surface area (Å²) in [5.41, 5.74) is 3.01. The molecule has 0 atom stereocenters. The van der Waals surface area contributed by atoms with Crippen LogP contribution in [-0.4, -0.2) is 21.6 Å². The lowest BCUT2D eigenvalue weighted by atomic mass is 10.1. The predicted octanol–water partition coefficient (Wildman–Crippen LogP) is 1.57. The van der Waals surface area contributed by atoms with Gasteiger partial charge in [0.1, 0.15) is 17.9 Å². The Kier molecular flexibility index (Phi) is 2.82. The fourth-order valence-electron chi connectivity index (χ4n) is 2.10. The van der Waals surface area contributed by atoms with Gasteiger partial charge in [-0.3, -0.25) is 0 Å². The molecule has 1 aromatic carbocycles. The zero-order valence-electron chi connectivity index (χ0n) is 9.85. The Labute approximate surface area is 105 Å². The van der Waals surface area contributed by atoms with Gasteiger partial charge >= 0.3 is 0 Å². The lowest BCUT2D eigenvalue weighted by Gasteiger charge is -2.19. The summed E-state index contributed by atoms with van der Waals surface area (Å²) in [6, 6.07) is 7.00. The molecule has 3 rings (SSSR count). The Morgan fingerprint density at radius 1 is 1.28 bits per heavy atom. The molecule has 0 aliphatic carbocycles. The van der Waals surface area contributed by atoms with Crippen molar-refractivity contribution in [3.8, 4) is 5.75 Å². The SMILES string of the molecule is Oc1cccc(Nc2ncnc3c2CNCC3)c1. The molecule has 0 bridgehead atoms. The maximum absolute atomic E-state index is 9.44. The molecule has 2 aromatic rings. The second-order valence-electron chi connectivity index (χ2n) is 4.25. The molecule has 1 aromatic heterocycles. The van der Waals surface area contributed by atoms with Crippen molar-refractivity contribution < 1.29 is 5.11 Å². The van der Waals surface area contributed by atoms with Crippen LogP contribution in [0.15, 0.2) is 30.6 Å². The van der Waals surface area contributed by atoms with E-state index in [9.17, 15) is 5.11 Å². The van der Waals surface area contributed by atoms with E-state index in [1.54, 1.807) is 24.5 Å². The second-order valence-corrected chi connectivity index (χ2v) is 4.25. The van der Waals surface area contributed by atoms with E-state index in [4.69, 9.17) is 0 Å². The molecule has 18 heavy (non-hydrogen) atoms. The third kappa shape index (κ3) is 2.12. The van der Waals surface area contributed by atoms with Crippen molar-refractivity contribution in [2.75, 3.05) is 11.9 Å². The monoisotopic (exact) mass is 242 g/mol. The molecule has 5 heteroatoms. The van der Waals surface area contributed by atoms with E-state index in [2.05, 4.69) is 20.6 Å². The fraction of sp³-hybridized carbons (Fsp3) is 0.231. The number of rotatable bonds is 2. The van der Waals surface area contributed by atoms with Crippen LogP contribution < -0.4 is 10.6 Å². The number of nitrogens with one attached hydrogen (secondary N) is 2.